The Labute approximate surface area is 117 Å². The molecular weight excluding hydrogens is 275 g/mol. The topological polar surface area (TPSA) is 51.2 Å². The largest absolute Gasteiger partial charge is 0.381 e. The van der Waals surface area contributed by atoms with Crippen molar-refractivity contribution in [3.63, 3.8) is 0 Å². The van der Waals surface area contributed by atoms with Crippen LogP contribution in [0.4, 0.5) is 0 Å². The number of carbonyl (C=O) groups is 1. The minimum Gasteiger partial charge on any atom is -0.381 e. The molecule has 0 aliphatic carbocycles. The standard InChI is InChI=1S/C12H16Cl2N2O2/c1-2-5-18-6-3-4-15-12(17)9-7-10(13)16-11(14)8-9/h7-8H,2-6H2,1H3,(H,15,17). The molecule has 0 aliphatic rings. The van der Waals surface area contributed by atoms with Gasteiger partial charge in [-0.3, -0.25) is 4.79 Å². The number of carbonyl (C=O) groups excluding carboxylic acids is 1. The first-order valence-electron chi connectivity index (χ1n) is 5.82. The van der Waals surface area contributed by atoms with Crippen LogP contribution in [0.1, 0.15) is 30.1 Å². The highest BCUT2D eigenvalue weighted by molar-refractivity contribution is 6.33. The summed E-state index contributed by atoms with van der Waals surface area (Å²) in [5, 5.41) is 3.18. The molecule has 1 aromatic rings. The fourth-order valence-electron chi connectivity index (χ4n) is 1.32. The SMILES string of the molecule is CCCOCCCNC(=O)c1cc(Cl)nc(Cl)c1. The van der Waals surface area contributed by atoms with Gasteiger partial charge in [-0.05, 0) is 25.0 Å². The van der Waals surface area contributed by atoms with Crippen molar-refractivity contribution in [1.29, 1.82) is 0 Å². The van der Waals surface area contributed by atoms with Crippen LogP contribution in [-0.2, 0) is 4.74 Å². The van der Waals surface area contributed by atoms with Crippen LogP contribution in [0.3, 0.4) is 0 Å². The van der Waals surface area contributed by atoms with Crippen molar-refractivity contribution in [2.75, 3.05) is 19.8 Å². The molecule has 0 bridgehead atoms. The van der Waals surface area contributed by atoms with Crippen molar-refractivity contribution in [1.82, 2.24) is 10.3 Å². The lowest BCUT2D eigenvalue weighted by Crippen LogP contribution is -2.25. The lowest BCUT2D eigenvalue weighted by molar-refractivity contribution is 0.0941. The normalized spacial score (nSPS) is 10.4. The zero-order valence-electron chi connectivity index (χ0n) is 10.2. The van der Waals surface area contributed by atoms with E-state index in [4.69, 9.17) is 27.9 Å². The van der Waals surface area contributed by atoms with Gasteiger partial charge in [-0.1, -0.05) is 30.1 Å². The molecule has 0 radical (unpaired) electrons. The van der Waals surface area contributed by atoms with Crippen molar-refractivity contribution >= 4 is 29.1 Å². The Balaban J connectivity index is 2.32. The molecule has 0 aromatic carbocycles. The number of rotatable bonds is 7. The first-order valence-corrected chi connectivity index (χ1v) is 6.58. The van der Waals surface area contributed by atoms with E-state index in [1.54, 1.807) is 0 Å². The van der Waals surface area contributed by atoms with Gasteiger partial charge >= 0.3 is 0 Å². The van der Waals surface area contributed by atoms with E-state index < -0.39 is 0 Å². The van der Waals surface area contributed by atoms with Gasteiger partial charge in [0, 0.05) is 25.3 Å². The van der Waals surface area contributed by atoms with Gasteiger partial charge in [0.25, 0.3) is 5.91 Å². The molecule has 1 rings (SSSR count). The molecule has 1 amide bonds. The minimum absolute atomic E-state index is 0.207. The Kier molecular flexibility index (Phi) is 7.01. The molecule has 4 nitrogen and oxygen atoms in total. The van der Waals surface area contributed by atoms with Gasteiger partial charge in [0.05, 0.1) is 0 Å². The van der Waals surface area contributed by atoms with E-state index in [-0.39, 0.29) is 16.2 Å². The lowest BCUT2D eigenvalue weighted by atomic mass is 10.2. The zero-order chi connectivity index (χ0) is 13.4. The van der Waals surface area contributed by atoms with Crippen molar-refractivity contribution in [2.24, 2.45) is 0 Å². The molecule has 0 saturated heterocycles. The summed E-state index contributed by atoms with van der Waals surface area (Å²) in [6.45, 7) is 4.01. The molecule has 0 atom stereocenters. The Bertz CT molecular complexity index is 379. The van der Waals surface area contributed by atoms with Gasteiger partial charge in [-0.15, -0.1) is 0 Å². The van der Waals surface area contributed by atoms with Gasteiger partial charge < -0.3 is 10.1 Å². The molecular formula is C12H16Cl2N2O2. The molecule has 6 heteroatoms. The van der Waals surface area contributed by atoms with Gasteiger partial charge in [-0.25, -0.2) is 4.98 Å². The Morgan fingerprint density at radius 3 is 2.61 bits per heavy atom. The maximum Gasteiger partial charge on any atom is 0.251 e. The molecule has 0 fully saturated rings. The van der Waals surface area contributed by atoms with E-state index in [9.17, 15) is 4.79 Å². The highest BCUT2D eigenvalue weighted by atomic mass is 35.5. The second kappa shape index (κ2) is 8.29. The average Bonchev–Trinajstić information content (AvgIpc) is 2.32. The van der Waals surface area contributed by atoms with Gasteiger partial charge in [0.2, 0.25) is 0 Å². The number of hydrogen-bond donors (Lipinski definition) is 1. The summed E-state index contributed by atoms with van der Waals surface area (Å²) in [4.78, 5) is 15.5. The number of nitrogens with one attached hydrogen (secondary N) is 1. The predicted octanol–water partition coefficient (Wildman–Crippen LogP) is 2.93. The van der Waals surface area contributed by atoms with Gasteiger partial charge in [0.15, 0.2) is 0 Å². The second-order valence-corrected chi connectivity index (χ2v) is 4.50. The fraction of sp³-hybridized carbons (Fsp3) is 0.500. The highest BCUT2D eigenvalue weighted by Gasteiger charge is 2.07. The summed E-state index contributed by atoms with van der Waals surface area (Å²) in [5.74, 6) is -0.211. The van der Waals surface area contributed by atoms with E-state index in [1.807, 2.05) is 0 Å². The molecule has 0 saturated carbocycles. The Morgan fingerprint density at radius 2 is 2.00 bits per heavy atom. The average molecular weight is 291 g/mol. The van der Waals surface area contributed by atoms with E-state index in [2.05, 4.69) is 17.2 Å². The highest BCUT2D eigenvalue weighted by Crippen LogP contribution is 2.14. The summed E-state index contributed by atoms with van der Waals surface area (Å²) >= 11 is 11.4. The fourth-order valence-corrected chi connectivity index (χ4v) is 1.78. The van der Waals surface area contributed by atoms with Crippen LogP contribution in [0.5, 0.6) is 0 Å². The number of pyridine rings is 1. The third kappa shape index (κ3) is 5.67. The maximum atomic E-state index is 11.7. The third-order valence-corrected chi connectivity index (χ3v) is 2.51. The monoisotopic (exact) mass is 290 g/mol. The van der Waals surface area contributed by atoms with E-state index in [1.165, 1.54) is 12.1 Å². The second-order valence-electron chi connectivity index (χ2n) is 3.72. The van der Waals surface area contributed by atoms with Crippen molar-refractivity contribution in [2.45, 2.75) is 19.8 Å². The van der Waals surface area contributed by atoms with Crippen LogP contribution < -0.4 is 5.32 Å². The number of aromatic nitrogens is 1. The third-order valence-electron chi connectivity index (χ3n) is 2.12. The molecule has 0 aliphatic heterocycles. The Morgan fingerprint density at radius 1 is 1.33 bits per heavy atom. The van der Waals surface area contributed by atoms with Crippen LogP contribution in [0.2, 0.25) is 10.3 Å². The predicted molar refractivity (Wildman–Crippen MR) is 72.3 cm³/mol. The Hall–Kier alpha value is -0.840. The maximum absolute atomic E-state index is 11.7. The number of halogens is 2. The van der Waals surface area contributed by atoms with Crippen LogP contribution >= 0.6 is 23.2 Å². The van der Waals surface area contributed by atoms with Crippen LogP contribution in [-0.4, -0.2) is 30.6 Å². The van der Waals surface area contributed by atoms with E-state index in [0.717, 1.165) is 19.4 Å². The zero-order valence-corrected chi connectivity index (χ0v) is 11.7. The summed E-state index contributed by atoms with van der Waals surface area (Å²) < 4.78 is 5.31. The number of nitrogens with zero attached hydrogens (tertiary/aromatic N) is 1. The van der Waals surface area contributed by atoms with Crippen LogP contribution in [0, 0.1) is 0 Å². The molecule has 18 heavy (non-hydrogen) atoms. The lowest BCUT2D eigenvalue weighted by Gasteiger charge is -2.06. The van der Waals surface area contributed by atoms with Crippen molar-refractivity contribution in [3.8, 4) is 0 Å². The number of hydrogen-bond acceptors (Lipinski definition) is 3. The molecule has 1 N–H and O–H groups in total. The first-order chi connectivity index (χ1) is 8.63. The minimum atomic E-state index is -0.211. The quantitative estimate of drug-likeness (QED) is 0.620. The van der Waals surface area contributed by atoms with Crippen molar-refractivity contribution in [3.05, 3.63) is 28.0 Å². The molecule has 1 aromatic heterocycles. The molecule has 0 spiro atoms. The smallest absolute Gasteiger partial charge is 0.251 e. The summed E-state index contributed by atoms with van der Waals surface area (Å²) in [5.41, 5.74) is 0.412. The molecule has 1 heterocycles. The first kappa shape index (κ1) is 15.2. The van der Waals surface area contributed by atoms with Crippen molar-refractivity contribution < 1.29 is 9.53 Å². The van der Waals surface area contributed by atoms with E-state index >= 15 is 0 Å². The molecule has 100 valence electrons. The number of amides is 1. The van der Waals surface area contributed by atoms with Gasteiger partial charge in [-0.2, -0.15) is 0 Å². The van der Waals surface area contributed by atoms with Crippen LogP contribution in [0.15, 0.2) is 12.1 Å². The number of ether oxygens (including phenoxy) is 1. The summed E-state index contributed by atoms with van der Waals surface area (Å²) in [7, 11) is 0. The van der Waals surface area contributed by atoms with E-state index in [0.29, 0.717) is 18.7 Å². The molecule has 0 unspecified atom stereocenters. The summed E-state index contributed by atoms with van der Waals surface area (Å²) in [6, 6.07) is 2.96. The summed E-state index contributed by atoms with van der Waals surface area (Å²) in [6.07, 6.45) is 1.78. The van der Waals surface area contributed by atoms with Gasteiger partial charge in [0.1, 0.15) is 10.3 Å². The van der Waals surface area contributed by atoms with Crippen LogP contribution in [0.25, 0.3) is 0 Å².